The van der Waals surface area contributed by atoms with Gasteiger partial charge in [0.15, 0.2) is 0 Å². The van der Waals surface area contributed by atoms with Crippen LogP contribution < -0.4 is 5.73 Å². The highest BCUT2D eigenvalue weighted by Crippen LogP contribution is 2.23. The van der Waals surface area contributed by atoms with E-state index in [4.69, 9.17) is 10.8 Å². The Bertz CT molecular complexity index is 323. The first kappa shape index (κ1) is 13.3. The summed E-state index contributed by atoms with van der Waals surface area (Å²) in [6, 6.07) is 0. The molecule has 0 saturated heterocycles. The highest BCUT2D eigenvalue weighted by atomic mass is 32.2. The highest BCUT2D eigenvalue weighted by molar-refractivity contribution is 7.91. The zero-order valence-electron chi connectivity index (χ0n) is 8.68. The molecule has 0 radical (unpaired) electrons. The molecule has 0 aliphatic carbocycles. The number of carbonyl (C=O) groups is 1. The minimum Gasteiger partial charge on any atom is -0.479 e. The number of nitrogens with two attached hydrogens (primary N) is 1. The van der Waals surface area contributed by atoms with E-state index in [1.54, 1.807) is 0 Å². The fourth-order valence-electron chi connectivity index (χ4n) is 0.957. The lowest BCUT2D eigenvalue weighted by atomic mass is 10.1. The third-order valence-corrected chi connectivity index (χ3v) is 4.56. The Balaban J connectivity index is 5.58. The fraction of sp³-hybridized carbons (Fsp3) is 0.857. The number of nitrogens with zero attached hydrogens (tertiary/aromatic N) is 1. The van der Waals surface area contributed by atoms with E-state index >= 15 is 0 Å². The van der Waals surface area contributed by atoms with Crippen LogP contribution in [0, 0.1) is 5.92 Å². The third kappa shape index (κ3) is 1.75. The number of rotatable bonds is 4. The van der Waals surface area contributed by atoms with Crippen molar-refractivity contribution in [3.8, 4) is 0 Å². The van der Waals surface area contributed by atoms with Crippen LogP contribution in [0.3, 0.4) is 0 Å². The van der Waals surface area contributed by atoms with E-state index < -0.39 is 26.8 Å². The number of hydrogen-bond acceptors (Lipinski definition) is 4. The van der Waals surface area contributed by atoms with Crippen LogP contribution in [-0.2, 0) is 14.8 Å². The first-order valence-electron chi connectivity index (χ1n) is 4.02. The summed E-state index contributed by atoms with van der Waals surface area (Å²) in [5.41, 5.74) is 5.43. The quantitative estimate of drug-likeness (QED) is 0.656. The zero-order valence-corrected chi connectivity index (χ0v) is 9.50. The van der Waals surface area contributed by atoms with Crippen LogP contribution in [0.25, 0.3) is 0 Å². The van der Waals surface area contributed by atoms with Crippen LogP contribution in [0.2, 0.25) is 0 Å². The van der Waals surface area contributed by atoms with E-state index in [1.807, 2.05) is 0 Å². The van der Waals surface area contributed by atoms with Gasteiger partial charge in [0, 0.05) is 14.1 Å². The molecule has 0 aliphatic heterocycles. The molecule has 0 spiro atoms. The zero-order chi connectivity index (χ0) is 11.7. The Labute approximate surface area is 83.7 Å². The maximum absolute atomic E-state index is 11.7. The van der Waals surface area contributed by atoms with Gasteiger partial charge in [0.05, 0.1) is 0 Å². The van der Waals surface area contributed by atoms with Gasteiger partial charge in [-0.25, -0.2) is 17.5 Å². The molecular formula is C7H16N2O4S. The van der Waals surface area contributed by atoms with Gasteiger partial charge in [-0.05, 0) is 5.92 Å². The molecule has 0 bridgehead atoms. The van der Waals surface area contributed by atoms with Gasteiger partial charge in [0.25, 0.3) is 0 Å². The van der Waals surface area contributed by atoms with Gasteiger partial charge >= 0.3 is 5.97 Å². The molecule has 0 unspecified atom stereocenters. The van der Waals surface area contributed by atoms with Gasteiger partial charge in [-0.1, -0.05) is 13.8 Å². The topological polar surface area (TPSA) is 101 Å². The third-order valence-electron chi connectivity index (χ3n) is 2.10. The molecule has 84 valence electrons. The first-order chi connectivity index (χ1) is 6.08. The van der Waals surface area contributed by atoms with Crippen LogP contribution in [-0.4, -0.2) is 42.8 Å². The predicted octanol–water partition coefficient (Wildman–Crippen LogP) is -0.727. The molecule has 0 amide bonds. The number of aliphatic carboxylic acids is 1. The summed E-state index contributed by atoms with van der Waals surface area (Å²) in [5.74, 6) is -2.26. The van der Waals surface area contributed by atoms with Crippen molar-refractivity contribution in [1.29, 1.82) is 0 Å². The lowest BCUT2D eigenvalue weighted by Crippen LogP contribution is -2.61. The lowest BCUT2D eigenvalue weighted by molar-refractivity contribution is -0.141. The second-order valence-corrected chi connectivity index (χ2v) is 5.90. The van der Waals surface area contributed by atoms with E-state index in [1.165, 1.54) is 27.9 Å². The van der Waals surface area contributed by atoms with Crippen molar-refractivity contribution < 1.29 is 18.3 Å². The molecular weight excluding hydrogens is 208 g/mol. The van der Waals surface area contributed by atoms with Crippen molar-refractivity contribution in [2.45, 2.75) is 18.7 Å². The first-order valence-corrected chi connectivity index (χ1v) is 5.46. The molecule has 7 heteroatoms. The van der Waals surface area contributed by atoms with E-state index in [0.717, 1.165) is 4.31 Å². The Kier molecular flexibility index (Phi) is 3.65. The van der Waals surface area contributed by atoms with Gasteiger partial charge in [0.2, 0.25) is 14.9 Å². The Morgan fingerprint density at radius 2 is 1.79 bits per heavy atom. The Morgan fingerprint density at radius 1 is 1.43 bits per heavy atom. The molecule has 0 heterocycles. The molecule has 3 N–H and O–H groups in total. The second-order valence-electron chi connectivity index (χ2n) is 3.54. The number of hydrogen-bond donors (Lipinski definition) is 2. The standard InChI is InChI=1S/C7H16N2O4S/c1-5(2)7(8,6(10)11)14(12,13)9(3)4/h5H,8H2,1-4H3,(H,10,11)/t7-/m0/s1. The SMILES string of the molecule is CC(C)[C@@](N)(C(=O)O)S(=O)(=O)N(C)C. The van der Waals surface area contributed by atoms with Crippen LogP contribution in [0.1, 0.15) is 13.8 Å². The monoisotopic (exact) mass is 224 g/mol. The fourth-order valence-corrected chi connectivity index (χ4v) is 2.38. The maximum atomic E-state index is 11.7. The lowest BCUT2D eigenvalue weighted by Gasteiger charge is -2.30. The van der Waals surface area contributed by atoms with Gasteiger partial charge in [-0.3, -0.25) is 0 Å². The average Bonchev–Trinajstić information content (AvgIpc) is 2.01. The minimum absolute atomic E-state index is 0.715. The molecule has 0 aromatic rings. The molecule has 0 rings (SSSR count). The van der Waals surface area contributed by atoms with Crippen molar-refractivity contribution in [1.82, 2.24) is 4.31 Å². The molecule has 0 aliphatic rings. The number of sulfonamides is 1. The summed E-state index contributed by atoms with van der Waals surface area (Å²) in [7, 11) is -1.52. The predicted molar refractivity (Wildman–Crippen MR) is 52.0 cm³/mol. The van der Waals surface area contributed by atoms with Crippen LogP contribution >= 0.6 is 0 Å². The van der Waals surface area contributed by atoms with Crippen molar-refractivity contribution in [2.24, 2.45) is 11.7 Å². The Morgan fingerprint density at radius 3 is 1.86 bits per heavy atom. The summed E-state index contributed by atoms with van der Waals surface area (Å²) in [5, 5.41) is 8.86. The van der Waals surface area contributed by atoms with Gasteiger partial charge in [-0.15, -0.1) is 0 Å². The number of carboxylic acids is 1. The summed E-state index contributed by atoms with van der Waals surface area (Å²) in [6.45, 7) is 2.91. The molecule has 0 saturated carbocycles. The summed E-state index contributed by atoms with van der Waals surface area (Å²) in [4.78, 5) is 8.62. The molecule has 0 aromatic heterocycles. The summed E-state index contributed by atoms with van der Waals surface area (Å²) < 4.78 is 24.1. The van der Waals surface area contributed by atoms with Crippen molar-refractivity contribution in [3.63, 3.8) is 0 Å². The van der Waals surface area contributed by atoms with Crippen molar-refractivity contribution in [3.05, 3.63) is 0 Å². The molecule has 0 fully saturated rings. The average molecular weight is 224 g/mol. The van der Waals surface area contributed by atoms with Gasteiger partial charge in [-0.2, -0.15) is 0 Å². The highest BCUT2D eigenvalue weighted by Gasteiger charge is 2.51. The van der Waals surface area contributed by atoms with E-state index in [2.05, 4.69) is 0 Å². The van der Waals surface area contributed by atoms with Crippen LogP contribution in [0.4, 0.5) is 0 Å². The smallest absolute Gasteiger partial charge is 0.341 e. The molecule has 6 nitrogen and oxygen atoms in total. The van der Waals surface area contributed by atoms with Crippen LogP contribution in [0.15, 0.2) is 0 Å². The molecule has 0 aromatic carbocycles. The van der Waals surface area contributed by atoms with Crippen molar-refractivity contribution in [2.75, 3.05) is 14.1 Å². The summed E-state index contributed by atoms with van der Waals surface area (Å²) >= 11 is 0. The maximum Gasteiger partial charge on any atom is 0.341 e. The Hall–Kier alpha value is -0.660. The minimum atomic E-state index is -4.03. The van der Waals surface area contributed by atoms with E-state index in [0.29, 0.717) is 0 Å². The molecule has 14 heavy (non-hydrogen) atoms. The van der Waals surface area contributed by atoms with Crippen LogP contribution in [0.5, 0.6) is 0 Å². The van der Waals surface area contributed by atoms with Crippen molar-refractivity contribution >= 4 is 16.0 Å². The normalized spacial score (nSPS) is 17.1. The van der Waals surface area contributed by atoms with E-state index in [9.17, 15) is 13.2 Å². The van der Waals surface area contributed by atoms with Gasteiger partial charge in [0.1, 0.15) is 0 Å². The second kappa shape index (κ2) is 3.84. The number of carboxylic acid groups (broad SMARTS) is 1. The van der Waals surface area contributed by atoms with E-state index in [-0.39, 0.29) is 0 Å². The van der Waals surface area contributed by atoms with Gasteiger partial charge < -0.3 is 10.8 Å². The molecule has 1 atom stereocenters. The largest absolute Gasteiger partial charge is 0.479 e. The summed E-state index contributed by atoms with van der Waals surface area (Å²) in [6.07, 6.45) is 0.